The van der Waals surface area contributed by atoms with Crippen LogP contribution in [0.3, 0.4) is 0 Å². The summed E-state index contributed by atoms with van der Waals surface area (Å²) in [4.78, 5) is 0. The molecule has 0 amide bonds. The van der Waals surface area contributed by atoms with Crippen molar-refractivity contribution < 1.29 is 4.39 Å². The van der Waals surface area contributed by atoms with Gasteiger partial charge >= 0.3 is 0 Å². The maximum absolute atomic E-state index is 14.2. The van der Waals surface area contributed by atoms with Crippen LogP contribution in [0, 0.1) is 5.82 Å². The number of halogens is 3. The van der Waals surface area contributed by atoms with E-state index in [2.05, 4.69) is 28.2 Å². The summed E-state index contributed by atoms with van der Waals surface area (Å²) in [5.41, 5.74) is 2.48. The molecule has 0 aliphatic carbocycles. The molecule has 0 saturated heterocycles. The van der Waals surface area contributed by atoms with Gasteiger partial charge < -0.3 is 5.32 Å². The van der Waals surface area contributed by atoms with Gasteiger partial charge in [0, 0.05) is 16.6 Å². The summed E-state index contributed by atoms with van der Waals surface area (Å²) in [6, 6.07) is 11.3. The number of hydrogen-bond acceptors (Lipinski definition) is 1. The maximum Gasteiger partial charge on any atom is 0.150 e. The fourth-order valence-electron chi connectivity index (χ4n) is 1.87. The average molecular weight is 343 g/mol. The first-order chi connectivity index (χ1) is 9.13. The molecule has 0 aliphatic rings. The van der Waals surface area contributed by atoms with Gasteiger partial charge in [-0.2, -0.15) is 0 Å². The molecule has 0 heterocycles. The molecule has 0 radical (unpaired) electrons. The van der Waals surface area contributed by atoms with Crippen LogP contribution in [-0.2, 0) is 6.54 Å². The molecule has 0 bridgehead atoms. The first-order valence-electron chi connectivity index (χ1n) is 6.07. The van der Waals surface area contributed by atoms with Crippen molar-refractivity contribution in [1.82, 2.24) is 5.32 Å². The zero-order valence-corrected chi connectivity index (χ0v) is 12.9. The van der Waals surface area contributed by atoms with Crippen molar-refractivity contribution in [2.45, 2.75) is 13.5 Å². The number of nitrogens with one attached hydrogen (secondary N) is 1. The Labute approximate surface area is 125 Å². The van der Waals surface area contributed by atoms with Crippen molar-refractivity contribution in [2.75, 3.05) is 6.54 Å². The van der Waals surface area contributed by atoms with Crippen LogP contribution in [0.5, 0.6) is 0 Å². The Kier molecular flexibility index (Phi) is 4.97. The molecule has 4 heteroatoms. The van der Waals surface area contributed by atoms with E-state index in [0.717, 1.165) is 24.2 Å². The minimum Gasteiger partial charge on any atom is -0.313 e. The van der Waals surface area contributed by atoms with Crippen LogP contribution < -0.4 is 5.32 Å². The van der Waals surface area contributed by atoms with Crippen molar-refractivity contribution >= 4 is 27.5 Å². The molecular formula is C15H14BrClFN. The van der Waals surface area contributed by atoms with Crippen molar-refractivity contribution in [3.63, 3.8) is 0 Å². The van der Waals surface area contributed by atoms with Gasteiger partial charge in [-0.3, -0.25) is 0 Å². The lowest BCUT2D eigenvalue weighted by Crippen LogP contribution is -2.11. The lowest BCUT2D eigenvalue weighted by Gasteiger charge is -2.09. The third kappa shape index (κ3) is 3.35. The van der Waals surface area contributed by atoms with Gasteiger partial charge in [-0.1, -0.05) is 42.8 Å². The second-order valence-electron chi connectivity index (χ2n) is 4.20. The fraction of sp³-hybridized carbons (Fsp3) is 0.200. The van der Waals surface area contributed by atoms with Crippen LogP contribution in [-0.4, -0.2) is 6.54 Å². The van der Waals surface area contributed by atoms with Gasteiger partial charge in [0.2, 0.25) is 0 Å². The lowest BCUT2D eigenvalue weighted by atomic mass is 10.0. The summed E-state index contributed by atoms with van der Waals surface area (Å²) in [6.07, 6.45) is 0. The molecule has 100 valence electrons. The Bertz CT molecular complexity index is 586. The minimum atomic E-state index is -0.392. The van der Waals surface area contributed by atoms with E-state index in [9.17, 15) is 4.39 Å². The molecule has 0 spiro atoms. The van der Waals surface area contributed by atoms with Gasteiger partial charge in [0.1, 0.15) is 0 Å². The smallest absolute Gasteiger partial charge is 0.150 e. The van der Waals surface area contributed by atoms with Crippen LogP contribution in [0.25, 0.3) is 11.1 Å². The summed E-state index contributed by atoms with van der Waals surface area (Å²) < 4.78 is 14.7. The predicted octanol–water partition coefficient (Wildman–Crippen LogP) is 5.02. The highest BCUT2D eigenvalue weighted by molar-refractivity contribution is 9.10. The lowest BCUT2D eigenvalue weighted by molar-refractivity contribution is 0.631. The first-order valence-corrected chi connectivity index (χ1v) is 7.24. The maximum atomic E-state index is 14.2. The van der Waals surface area contributed by atoms with Crippen molar-refractivity contribution in [3.8, 4) is 11.1 Å². The summed E-state index contributed by atoms with van der Waals surface area (Å²) in [5, 5.41) is 3.37. The van der Waals surface area contributed by atoms with Crippen LogP contribution >= 0.6 is 27.5 Å². The summed E-state index contributed by atoms with van der Waals surface area (Å²) in [5.74, 6) is -0.392. The molecule has 2 aromatic carbocycles. The largest absolute Gasteiger partial charge is 0.313 e. The molecule has 0 fully saturated rings. The van der Waals surface area contributed by atoms with E-state index in [4.69, 9.17) is 11.6 Å². The summed E-state index contributed by atoms with van der Waals surface area (Å²) in [7, 11) is 0. The number of benzene rings is 2. The Morgan fingerprint density at radius 2 is 2.05 bits per heavy atom. The first kappa shape index (κ1) is 14.5. The van der Waals surface area contributed by atoms with E-state index in [1.807, 2.05) is 24.3 Å². The van der Waals surface area contributed by atoms with E-state index >= 15 is 0 Å². The molecule has 0 unspecified atom stereocenters. The van der Waals surface area contributed by atoms with E-state index < -0.39 is 5.82 Å². The number of hydrogen-bond donors (Lipinski definition) is 1. The van der Waals surface area contributed by atoms with Gasteiger partial charge in [0.05, 0.1) is 5.02 Å². The standard InChI is InChI=1S/C15H14BrClFN/c1-2-19-9-10-4-3-5-11(8-10)12-6-7-13(16)14(17)15(12)18/h3-8,19H,2,9H2,1H3. The summed E-state index contributed by atoms with van der Waals surface area (Å²) >= 11 is 9.14. The van der Waals surface area contributed by atoms with Gasteiger partial charge in [0.15, 0.2) is 5.82 Å². The van der Waals surface area contributed by atoms with Crippen molar-refractivity contribution in [2.24, 2.45) is 0 Å². The normalized spacial score (nSPS) is 10.7. The molecular weight excluding hydrogens is 329 g/mol. The fourth-order valence-corrected chi connectivity index (χ4v) is 2.34. The molecule has 1 nitrogen and oxygen atoms in total. The highest BCUT2D eigenvalue weighted by Gasteiger charge is 2.11. The van der Waals surface area contributed by atoms with E-state index in [1.165, 1.54) is 0 Å². The van der Waals surface area contributed by atoms with Gasteiger partial charge in [-0.15, -0.1) is 0 Å². The van der Waals surface area contributed by atoms with E-state index in [1.54, 1.807) is 12.1 Å². The molecule has 0 atom stereocenters. The summed E-state index contributed by atoms with van der Waals surface area (Å²) in [6.45, 7) is 3.73. The molecule has 0 aliphatic heterocycles. The molecule has 1 N–H and O–H groups in total. The monoisotopic (exact) mass is 341 g/mol. The second-order valence-corrected chi connectivity index (χ2v) is 5.44. The number of rotatable bonds is 4. The van der Waals surface area contributed by atoms with Crippen LogP contribution in [0.4, 0.5) is 4.39 Å². The molecule has 0 saturated carbocycles. The average Bonchev–Trinajstić information content (AvgIpc) is 2.43. The van der Waals surface area contributed by atoms with Crippen LogP contribution in [0.2, 0.25) is 5.02 Å². The third-order valence-corrected chi connectivity index (χ3v) is 4.11. The van der Waals surface area contributed by atoms with E-state index in [0.29, 0.717) is 10.0 Å². The zero-order chi connectivity index (χ0) is 13.8. The molecule has 19 heavy (non-hydrogen) atoms. The van der Waals surface area contributed by atoms with Gasteiger partial charge in [0.25, 0.3) is 0 Å². The third-order valence-electron chi connectivity index (χ3n) is 2.85. The predicted molar refractivity (Wildman–Crippen MR) is 81.9 cm³/mol. The topological polar surface area (TPSA) is 12.0 Å². The van der Waals surface area contributed by atoms with E-state index in [-0.39, 0.29) is 5.02 Å². The molecule has 0 aromatic heterocycles. The minimum absolute atomic E-state index is 0.120. The van der Waals surface area contributed by atoms with Crippen molar-refractivity contribution in [1.29, 1.82) is 0 Å². The Balaban J connectivity index is 2.39. The van der Waals surface area contributed by atoms with Crippen LogP contribution in [0.1, 0.15) is 12.5 Å². The highest BCUT2D eigenvalue weighted by atomic mass is 79.9. The Hall–Kier alpha value is -0.900. The van der Waals surface area contributed by atoms with Gasteiger partial charge in [-0.05, 0) is 45.7 Å². The highest BCUT2D eigenvalue weighted by Crippen LogP contribution is 2.33. The Morgan fingerprint density at radius 1 is 1.26 bits per heavy atom. The SMILES string of the molecule is CCNCc1cccc(-c2ccc(Br)c(Cl)c2F)c1. The Morgan fingerprint density at radius 3 is 2.79 bits per heavy atom. The quantitative estimate of drug-likeness (QED) is 0.769. The second kappa shape index (κ2) is 6.51. The zero-order valence-electron chi connectivity index (χ0n) is 10.5. The van der Waals surface area contributed by atoms with Crippen molar-refractivity contribution in [3.05, 3.63) is 57.3 Å². The van der Waals surface area contributed by atoms with Gasteiger partial charge in [-0.25, -0.2) is 4.39 Å². The molecule has 2 rings (SSSR count). The molecule has 2 aromatic rings. The van der Waals surface area contributed by atoms with Crippen LogP contribution in [0.15, 0.2) is 40.9 Å².